The average Bonchev–Trinajstić information content (AvgIpc) is 2.77. The van der Waals surface area contributed by atoms with Gasteiger partial charge in [0.25, 0.3) is 0 Å². The molecule has 0 spiro atoms. The molecule has 0 radical (unpaired) electrons. The van der Waals surface area contributed by atoms with Crippen molar-refractivity contribution in [2.45, 2.75) is 31.6 Å². The predicted octanol–water partition coefficient (Wildman–Crippen LogP) is 1.48. The van der Waals surface area contributed by atoms with Gasteiger partial charge in [0.1, 0.15) is 18.4 Å². The van der Waals surface area contributed by atoms with Crippen LogP contribution in [-0.4, -0.2) is 54.0 Å². The highest BCUT2D eigenvalue weighted by Gasteiger charge is 2.22. The van der Waals surface area contributed by atoms with Crippen LogP contribution in [0, 0.1) is 0 Å². The molecule has 2 atom stereocenters. The summed E-state index contributed by atoms with van der Waals surface area (Å²) in [5.74, 6) is -1.20. The van der Waals surface area contributed by atoms with E-state index in [-0.39, 0.29) is 26.0 Å². The number of aliphatic hydroxyl groups is 1. The summed E-state index contributed by atoms with van der Waals surface area (Å²) >= 11 is 0. The van der Waals surface area contributed by atoms with E-state index in [0.717, 1.165) is 5.56 Å². The number of alkyl carbamates (subject to hydrolysis) is 1. The van der Waals surface area contributed by atoms with E-state index in [1.807, 2.05) is 18.2 Å². The summed E-state index contributed by atoms with van der Waals surface area (Å²) in [6, 6.07) is 14.7. The van der Waals surface area contributed by atoms with Crippen molar-refractivity contribution in [3.63, 3.8) is 0 Å². The second-order valence-corrected chi connectivity index (χ2v) is 6.81. The minimum Gasteiger partial charge on any atom is -0.497 e. The number of amides is 2. The van der Waals surface area contributed by atoms with Gasteiger partial charge in [0.05, 0.1) is 19.6 Å². The number of carboxylic acids is 1. The molecule has 0 fully saturated rings. The molecule has 9 nitrogen and oxygen atoms in total. The fraction of sp³-hybridized carbons (Fsp3) is 0.318. The fourth-order valence-electron chi connectivity index (χ4n) is 2.71. The molecule has 0 unspecified atom stereocenters. The zero-order valence-electron chi connectivity index (χ0n) is 17.1. The van der Waals surface area contributed by atoms with Gasteiger partial charge in [-0.05, 0) is 23.3 Å². The lowest BCUT2D eigenvalue weighted by atomic mass is 10.1. The van der Waals surface area contributed by atoms with Crippen LogP contribution in [0.25, 0.3) is 0 Å². The summed E-state index contributed by atoms with van der Waals surface area (Å²) in [6.07, 6.45) is -2.22. The van der Waals surface area contributed by atoms with E-state index in [1.54, 1.807) is 36.4 Å². The molecule has 2 aromatic rings. The van der Waals surface area contributed by atoms with Gasteiger partial charge < -0.3 is 30.3 Å². The maximum Gasteiger partial charge on any atom is 0.407 e. The number of hydrogen-bond acceptors (Lipinski definition) is 6. The Labute approximate surface area is 180 Å². The highest BCUT2D eigenvalue weighted by Crippen LogP contribution is 2.13. The Morgan fingerprint density at radius 3 is 2.29 bits per heavy atom. The van der Waals surface area contributed by atoms with Crippen LogP contribution in [0.3, 0.4) is 0 Å². The number of ether oxygens (including phenoxy) is 2. The molecule has 0 aliphatic rings. The number of aliphatic hydroxyl groups excluding tert-OH is 1. The number of carboxylic acid groups (broad SMARTS) is 1. The maximum absolute atomic E-state index is 12.1. The van der Waals surface area contributed by atoms with E-state index in [0.29, 0.717) is 11.3 Å². The Bertz CT molecular complexity index is 856. The number of benzene rings is 2. The lowest BCUT2D eigenvalue weighted by molar-refractivity contribution is -0.142. The van der Waals surface area contributed by atoms with E-state index in [2.05, 4.69) is 10.6 Å². The zero-order valence-corrected chi connectivity index (χ0v) is 17.1. The van der Waals surface area contributed by atoms with Crippen molar-refractivity contribution in [3.05, 3.63) is 65.7 Å². The Morgan fingerprint density at radius 1 is 1.00 bits per heavy atom. The molecule has 0 saturated carbocycles. The fourth-order valence-corrected chi connectivity index (χ4v) is 2.71. The smallest absolute Gasteiger partial charge is 0.407 e. The molecule has 0 bridgehead atoms. The topological polar surface area (TPSA) is 134 Å². The van der Waals surface area contributed by atoms with Crippen LogP contribution in [-0.2, 0) is 27.4 Å². The number of hydrogen-bond donors (Lipinski definition) is 4. The van der Waals surface area contributed by atoms with Gasteiger partial charge in [-0.15, -0.1) is 0 Å². The minimum atomic E-state index is -1.19. The van der Waals surface area contributed by atoms with Crippen molar-refractivity contribution < 1.29 is 34.1 Å². The number of rotatable bonds is 11. The molecule has 2 amide bonds. The van der Waals surface area contributed by atoms with E-state index < -0.39 is 30.1 Å². The number of nitrogens with one attached hydrogen (secondary N) is 2. The molecule has 166 valence electrons. The van der Waals surface area contributed by atoms with Crippen molar-refractivity contribution in [2.75, 3.05) is 13.7 Å². The largest absolute Gasteiger partial charge is 0.497 e. The molecular weight excluding hydrogens is 404 g/mol. The van der Waals surface area contributed by atoms with Crippen molar-refractivity contribution in [3.8, 4) is 5.75 Å². The number of methoxy groups -OCH3 is 1. The molecule has 31 heavy (non-hydrogen) atoms. The van der Waals surface area contributed by atoms with Crippen LogP contribution >= 0.6 is 0 Å². The first kappa shape index (κ1) is 23.7. The average molecular weight is 430 g/mol. The first-order valence-corrected chi connectivity index (χ1v) is 9.65. The van der Waals surface area contributed by atoms with Gasteiger partial charge in [0.15, 0.2) is 0 Å². The zero-order chi connectivity index (χ0) is 22.6. The van der Waals surface area contributed by atoms with E-state index >= 15 is 0 Å². The molecule has 2 rings (SSSR count). The van der Waals surface area contributed by atoms with E-state index in [1.165, 1.54) is 7.11 Å². The lowest BCUT2D eigenvalue weighted by Gasteiger charge is -2.17. The van der Waals surface area contributed by atoms with Gasteiger partial charge in [-0.1, -0.05) is 42.5 Å². The van der Waals surface area contributed by atoms with Crippen LogP contribution in [0.5, 0.6) is 5.75 Å². The number of carbonyl (C=O) groups excluding carboxylic acids is 2. The molecule has 0 aliphatic heterocycles. The first-order chi connectivity index (χ1) is 14.9. The van der Waals surface area contributed by atoms with Crippen molar-refractivity contribution >= 4 is 18.0 Å². The summed E-state index contributed by atoms with van der Waals surface area (Å²) in [5.41, 5.74) is 1.52. The summed E-state index contributed by atoms with van der Waals surface area (Å²) in [5, 5.41) is 24.1. The summed E-state index contributed by atoms with van der Waals surface area (Å²) in [4.78, 5) is 35.3. The third-order valence-corrected chi connectivity index (χ3v) is 4.35. The molecule has 4 N–H and O–H groups in total. The highest BCUT2D eigenvalue weighted by atomic mass is 16.5. The molecule has 0 aliphatic carbocycles. The second-order valence-electron chi connectivity index (χ2n) is 6.81. The number of aliphatic carboxylic acids is 1. The van der Waals surface area contributed by atoms with Gasteiger partial charge >= 0.3 is 12.1 Å². The van der Waals surface area contributed by atoms with Crippen molar-refractivity contribution in [1.82, 2.24) is 10.6 Å². The van der Waals surface area contributed by atoms with Gasteiger partial charge in [0.2, 0.25) is 5.91 Å². The Kier molecular flexibility index (Phi) is 9.31. The van der Waals surface area contributed by atoms with Crippen molar-refractivity contribution in [2.24, 2.45) is 0 Å². The highest BCUT2D eigenvalue weighted by molar-refractivity contribution is 5.84. The Morgan fingerprint density at radius 2 is 1.68 bits per heavy atom. The lowest BCUT2D eigenvalue weighted by Crippen LogP contribution is -2.44. The standard InChI is InChI=1S/C22H26N2O7/c1-30-18-9-7-15(8-10-18)11-19(21(27)28)24-20(26)12-17(25)13-23-22(29)31-14-16-5-3-2-4-6-16/h2-10,17,19,25H,11-14H2,1H3,(H,23,29)(H,24,26)(H,27,28)/t17-,19-/m0/s1. The molecule has 0 saturated heterocycles. The quantitative estimate of drug-likeness (QED) is 0.424. The molecule has 2 aromatic carbocycles. The summed E-state index contributed by atoms with van der Waals surface area (Å²) in [7, 11) is 1.53. The van der Waals surface area contributed by atoms with Gasteiger partial charge in [0, 0.05) is 13.0 Å². The molecular formula is C22H26N2O7. The Balaban J connectivity index is 1.74. The normalized spacial score (nSPS) is 12.3. The summed E-state index contributed by atoms with van der Waals surface area (Å²) in [6.45, 7) is -0.133. The van der Waals surface area contributed by atoms with Crippen LogP contribution in [0.1, 0.15) is 17.5 Å². The predicted molar refractivity (Wildman–Crippen MR) is 112 cm³/mol. The number of carbonyl (C=O) groups is 3. The Hall–Kier alpha value is -3.59. The van der Waals surface area contributed by atoms with Gasteiger partial charge in [-0.25, -0.2) is 9.59 Å². The van der Waals surface area contributed by atoms with E-state index in [9.17, 15) is 24.6 Å². The van der Waals surface area contributed by atoms with Crippen LogP contribution in [0.4, 0.5) is 4.79 Å². The minimum absolute atomic E-state index is 0.0746. The second kappa shape index (κ2) is 12.2. The first-order valence-electron chi connectivity index (χ1n) is 9.65. The molecule has 0 aromatic heterocycles. The third-order valence-electron chi connectivity index (χ3n) is 4.35. The van der Waals surface area contributed by atoms with Crippen molar-refractivity contribution in [1.29, 1.82) is 0 Å². The van der Waals surface area contributed by atoms with Crippen LogP contribution < -0.4 is 15.4 Å². The third kappa shape index (κ3) is 8.75. The monoisotopic (exact) mass is 430 g/mol. The van der Waals surface area contributed by atoms with Gasteiger partial charge in [-0.2, -0.15) is 0 Å². The molecule has 9 heteroatoms. The SMILES string of the molecule is COc1ccc(C[C@H](NC(=O)C[C@H](O)CNC(=O)OCc2ccccc2)C(=O)O)cc1. The van der Waals surface area contributed by atoms with E-state index in [4.69, 9.17) is 9.47 Å². The van der Waals surface area contributed by atoms with Crippen LogP contribution in [0.2, 0.25) is 0 Å². The van der Waals surface area contributed by atoms with Gasteiger partial charge in [-0.3, -0.25) is 4.79 Å². The summed E-state index contributed by atoms with van der Waals surface area (Å²) < 4.78 is 10.1. The maximum atomic E-state index is 12.1. The molecule has 0 heterocycles. The van der Waals surface area contributed by atoms with Crippen LogP contribution in [0.15, 0.2) is 54.6 Å².